The molecule has 7 nitrogen and oxygen atoms in total. The zero-order valence-electron chi connectivity index (χ0n) is 17.1. The van der Waals surface area contributed by atoms with Crippen LogP contribution in [0.4, 0.5) is 0 Å². The van der Waals surface area contributed by atoms with E-state index in [0.717, 1.165) is 58.4 Å². The first-order valence-electron chi connectivity index (χ1n) is 10.3. The zero-order chi connectivity index (χ0) is 20.1. The summed E-state index contributed by atoms with van der Waals surface area (Å²) in [4.78, 5) is 33.2. The van der Waals surface area contributed by atoms with Crippen molar-refractivity contribution < 1.29 is 9.59 Å². The molecule has 3 rings (SSSR count). The van der Waals surface area contributed by atoms with Gasteiger partial charge in [0.15, 0.2) is 0 Å². The van der Waals surface area contributed by atoms with E-state index in [-0.39, 0.29) is 11.8 Å². The maximum absolute atomic E-state index is 12.6. The smallest absolute Gasteiger partial charge is 0.242 e. The number of nitrogens with zero attached hydrogens (tertiary/aromatic N) is 3. The van der Waals surface area contributed by atoms with Crippen molar-refractivity contribution in [3.05, 3.63) is 30.1 Å². The van der Waals surface area contributed by atoms with Gasteiger partial charge in [0.25, 0.3) is 0 Å². The molecule has 2 saturated heterocycles. The van der Waals surface area contributed by atoms with Crippen molar-refractivity contribution in [1.29, 1.82) is 0 Å². The lowest BCUT2D eigenvalue weighted by Crippen LogP contribution is -2.57. The Hall–Kier alpha value is -1.99. The molecule has 2 aliphatic rings. The van der Waals surface area contributed by atoms with Crippen LogP contribution in [-0.2, 0) is 16.1 Å². The van der Waals surface area contributed by atoms with E-state index in [9.17, 15) is 9.59 Å². The molecule has 2 aliphatic heterocycles. The predicted octanol–water partition coefficient (Wildman–Crippen LogP) is 1.14. The minimum Gasteiger partial charge on any atom is -0.368 e. The Morgan fingerprint density at radius 1 is 1.18 bits per heavy atom. The summed E-state index contributed by atoms with van der Waals surface area (Å²) in [5.74, 6) is -0.624. The lowest BCUT2D eigenvalue weighted by molar-refractivity contribution is -0.134. The van der Waals surface area contributed by atoms with E-state index in [2.05, 4.69) is 32.2 Å². The molecule has 1 aromatic heterocycles. The van der Waals surface area contributed by atoms with E-state index < -0.39 is 11.4 Å². The molecule has 0 aliphatic carbocycles. The molecular weight excluding hydrogens is 354 g/mol. The average Bonchev–Trinajstić information content (AvgIpc) is 2.69. The Kier molecular flexibility index (Phi) is 6.67. The number of hydrogen-bond acceptors (Lipinski definition) is 5. The number of piperidine rings is 2. The molecule has 0 aromatic carbocycles. The number of carbonyl (C=O) groups is 2. The van der Waals surface area contributed by atoms with Crippen LogP contribution in [0.15, 0.2) is 24.5 Å². The number of nitrogens with one attached hydrogen (secondary N) is 1. The number of carbonyl (C=O) groups excluding carboxylic acids is 2. The number of aromatic nitrogens is 1. The van der Waals surface area contributed by atoms with Gasteiger partial charge in [0.05, 0.1) is 5.92 Å². The van der Waals surface area contributed by atoms with E-state index in [1.54, 1.807) is 13.8 Å². The summed E-state index contributed by atoms with van der Waals surface area (Å²) in [7, 11) is 0. The fourth-order valence-electron chi connectivity index (χ4n) is 4.21. The molecule has 154 valence electrons. The van der Waals surface area contributed by atoms with Crippen molar-refractivity contribution in [1.82, 2.24) is 20.1 Å². The number of rotatable bonds is 6. The molecule has 3 N–H and O–H groups in total. The molecule has 2 amide bonds. The third kappa shape index (κ3) is 5.29. The third-order valence-corrected chi connectivity index (χ3v) is 6.10. The topological polar surface area (TPSA) is 91.6 Å². The fraction of sp³-hybridized carbons (Fsp3) is 0.667. The van der Waals surface area contributed by atoms with E-state index in [1.165, 1.54) is 5.56 Å². The summed E-state index contributed by atoms with van der Waals surface area (Å²) >= 11 is 0. The summed E-state index contributed by atoms with van der Waals surface area (Å²) in [6, 6.07) is 4.69. The lowest BCUT2D eigenvalue weighted by atomic mass is 9.92. The van der Waals surface area contributed by atoms with Gasteiger partial charge in [0.2, 0.25) is 11.8 Å². The van der Waals surface area contributed by atoms with E-state index in [0.29, 0.717) is 6.04 Å². The number of amides is 2. The summed E-state index contributed by atoms with van der Waals surface area (Å²) in [6.45, 7) is 8.28. The molecular formula is C21H33N5O2. The van der Waals surface area contributed by atoms with Crippen molar-refractivity contribution >= 4 is 11.8 Å². The fourth-order valence-corrected chi connectivity index (χ4v) is 4.21. The van der Waals surface area contributed by atoms with Gasteiger partial charge in [-0.05, 0) is 76.9 Å². The van der Waals surface area contributed by atoms with E-state index in [1.807, 2.05) is 12.4 Å². The number of nitrogens with two attached hydrogens (primary N) is 1. The van der Waals surface area contributed by atoms with Gasteiger partial charge < -0.3 is 11.1 Å². The monoisotopic (exact) mass is 387 g/mol. The molecule has 28 heavy (non-hydrogen) atoms. The standard InChI is InChI=1S/C21H33N5O2/c1-21(2,20(22)28)24-19(27)17-4-3-11-26(15-17)18-7-12-25(13-8-18)14-16-5-9-23-10-6-16/h5-6,9-10,17-18H,3-4,7-8,11-15H2,1-2H3,(H2,22,28)(H,24,27)/t17-/m0/s1. The van der Waals surface area contributed by atoms with Crippen molar-refractivity contribution in [2.24, 2.45) is 11.7 Å². The second-order valence-corrected chi connectivity index (χ2v) is 8.68. The van der Waals surface area contributed by atoms with Crippen LogP contribution in [0.5, 0.6) is 0 Å². The first-order chi connectivity index (χ1) is 13.3. The van der Waals surface area contributed by atoms with Gasteiger partial charge >= 0.3 is 0 Å². The molecule has 0 spiro atoms. The minimum absolute atomic E-state index is 0.0522. The van der Waals surface area contributed by atoms with Crippen molar-refractivity contribution in [3.63, 3.8) is 0 Å². The molecule has 1 aromatic rings. The number of primary amides is 1. The van der Waals surface area contributed by atoms with Gasteiger partial charge in [-0.25, -0.2) is 0 Å². The Bertz CT molecular complexity index is 671. The molecule has 3 heterocycles. The SMILES string of the molecule is CC(C)(NC(=O)[C@H]1CCCN(C2CCN(Cc3ccncc3)CC2)C1)C(N)=O. The highest BCUT2D eigenvalue weighted by molar-refractivity contribution is 5.90. The van der Waals surface area contributed by atoms with E-state index >= 15 is 0 Å². The zero-order valence-corrected chi connectivity index (χ0v) is 17.1. The number of pyridine rings is 1. The van der Waals surface area contributed by atoms with Crippen molar-refractivity contribution in [2.45, 2.75) is 57.7 Å². The van der Waals surface area contributed by atoms with Crippen molar-refractivity contribution in [2.75, 3.05) is 26.2 Å². The quantitative estimate of drug-likeness (QED) is 0.764. The highest BCUT2D eigenvalue weighted by Crippen LogP contribution is 2.25. The van der Waals surface area contributed by atoms with Gasteiger partial charge in [-0.3, -0.25) is 24.4 Å². The highest BCUT2D eigenvalue weighted by atomic mass is 16.2. The molecule has 0 unspecified atom stereocenters. The number of likely N-dealkylation sites (tertiary alicyclic amines) is 2. The minimum atomic E-state index is -1.00. The van der Waals surface area contributed by atoms with Gasteiger partial charge in [-0.1, -0.05) is 0 Å². The van der Waals surface area contributed by atoms with Crippen LogP contribution < -0.4 is 11.1 Å². The first-order valence-corrected chi connectivity index (χ1v) is 10.3. The average molecular weight is 388 g/mol. The normalized spacial score (nSPS) is 22.7. The summed E-state index contributed by atoms with van der Waals surface area (Å²) in [6.07, 6.45) is 7.85. The van der Waals surface area contributed by atoms with Crippen LogP contribution in [0.2, 0.25) is 0 Å². The summed E-state index contributed by atoms with van der Waals surface area (Å²) in [5, 5.41) is 2.83. The van der Waals surface area contributed by atoms with Crippen molar-refractivity contribution in [3.8, 4) is 0 Å². The van der Waals surface area contributed by atoms with Crippen LogP contribution in [0.1, 0.15) is 45.1 Å². The second-order valence-electron chi connectivity index (χ2n) is 8.68. The maximum atomic E-state index is 12.6. The predicted molar refractivity (Wildman–Crippen MR) is 108 cm³/mol. The molecule has 7 heteroatoms. The largest absolute Gasteiger partial charge is 0.368 e. The maximum Gasteiger partial charge on any atom is 0.242 e. The van der Waals surface area contributed by atoms with Gasteiger partial charge in [0.1, 0.15) is 5.54 Å². The summed E-state index contributed by atoms with van der Waals surface area (Å²) in [5.41, 5.74) is 5.69. The Morgan fingerprint density at radius 2 is 1.86 bits per heavy atom. The van der Waals surface area contributed by atoms with Crippen LogP contribution in [0.3, 0.4) is 0 Å². The Labute approximate surface area is 167 Å². The molecule has 2 fully saturated rings. The van der Waals surface area contributed by atoms with Gasteiger partial charge in [-0.2, -0.15) is 0 Å². The number of hydrogen-bond donors (Lipinski definition) is 2. The summed E-state index contributed by atoms with van der Waals surface area (Å²) < 4.78 is 0. The molecule has 0 radical (unpaired) electrons. The van der Waals surface area contributed by atoms with Crippen LogP contribution in [-0.4, -0.2) is 64.4 Å². The molecule has 1 atom stereocenters. The first kappa shape index (κ1) is 20.7. The highest BCUT2D eigenvalue weighted by Gasteiger charge is 2.35. The van der Waals surface area contributed by atoms with Crippen LogP contribution >= 0.6 is 0 Å². The van der Waals surface area contributed by atoms with Crippen LogP contribution in [0.25, 0.3) is 0 Å². The van der Waals surface area contributed by atoms with Gasteiger partial charge in [0, 0.05) is 31.5 Å². The van der Waals surface area contributed by atoms with Crippen LogP contribution in [0, 0.1) is 5.92 Å². The van der Waals surface area contributed by atoms with E-state index in [4.69, 9.17) is 5.73 Å². The Morgan fingerprint density at radius 3 is 2.50 bits per heavy atom. The van der Waals surface area contributed by atoms with Gasteiger partial charge in [-0.15, -0.1) is 0 Å². The lowest BCUT2D eigenvalue weighted by Gasteiger charge is -2.42. The third-order valence-electron chi connectivity index (χ3n) is 6.10. The second kappa shape index (κ2) is 9.01. The molecule has 0 bridgehead atoms. The molecule has 0 saturated carbocycles. The Balaban J connectivity index is 1.48.